The normalized spacial score (nSPS) is 50.4. The molecule has 5 rings (SSSR count). The van der Waals surface area contributed by atoms with Crippen LogP contribution in [-0.2, 0) is 52.2 Å². The molecule has 60 heavy (non-hydrogen) atoms. The SMILES string of the molecule is CC1C(OCC(=O)O)OC(CO)C(OC2OC(CO)C(OC3OC(COC4OC(CO)C(O)C(O)C4O)C(O)C(OC4OC(CO)C(O)C(O)C4O)C3O)C(O)C2C)C1O. The van der Waals surface area contributed by atoms with E-state index in [4.69, 9.17) is 52.5 Å². The van der Waals surface area contributed by atoms with Crippen LogP contribution < -0.4 is 0 Å². The van der Waals surface area contributed by atoms with E-state index in [0.29, 0.717) is 0 Å². The highest BCUT2D eigenvalue weighted by molar-refractivity contribution is 5.68. The summed E-state index contributed by atoms with van der Waals surface area (Å²) in [6, 6.07) is 0. The number of ether oxygens (including phenoxy) is 10. The molecule has 0 radical (unpaired) electrons. The average Bonchev–Trinajstić information content (AvgIpc) is 3.23. The zero-order valence-corrected chi connectivity index (χ0v) is 32.4. The van der Waals surface area contributed by atoms with Crippen LogP contribution in [0.1, 0.15) is 13.8 Å². The van der Waals surface area contributed by atoms with Crippen LogP contribution in [0.25, 0.3) is 0 Å². The van der Waals surface area contributed by atoms with E-state index in [1.54, 1.807) is 0 Å². The van der Waals surface area contributed by atoms with E-state index in [1.807, 2.05) is 0 Å². The topological polar surface area (TPSA) is 413 Å². The molecule has 0 aromatic carbocycles. The Balaban J connectivity index is 1.34. The fourth-order valence-corrected chi connectivity index (χ4v) is 7.59. The minimum atomic E-state index is -2.08. The molecule has 0 saturated carbocycles. The molecule has 26 heteroatoms. The summed E-state index contributed by atoms with van der Waals surface area (Å²) in [5.74, 6) is -3.28. The van der Waals surface area contributed by atoms with Gasteiger partial charge in [-0.3, -0.25) is 0 Å². The predicted molar refractivity (Wildman–Crippen MR) is 184 cm³/mol. The van der Waals surface area contributed by atoms with Gasteiger partial charge in [-0.15, -0.1) is 0 Å². The lowest BCUT2D eigenvalue weighted by Gasteiger charge is -2.50. The van der Waals surface area contributed by atoms with Crippen LogP contribution in [0.5, 0.6) is 0 Å². The van der Waals surface area contributed by atoms with Gasteiger partial charge in [0.25, 0.3) is 0 Å². The summed E-state index contributed by atoms with van der Waals surface area (Å²) in [7, 11) is 0. The highest BCUT2D eigenvalue weighted by Crippen LogP contribution is 2.37. The monoisotopic (exact) mass is 882 g/mol. The van der Waals surface area contributed by atoms with Crippen molar-refractivity contribution in [3.63, 3.8) is 0 Å². The van der Waals surface area contributed by atoms with Gasteiger partial charge in [0.1, 0.15) is 104 Å². The second-order valence-electron chi connectivity index (χ2n) is 15.4. The molecule has 5 fully saturated rings. The minimum Gasteiger partial charge on any atom is -0.480 e. The molecule has 15 N–H and O–H groups in total. The second-order valence-corrected chi connectivity index (χ2v) is 15.4. The number of rotatable bonds is 16. The van der Waals surface area contributed by atoms with E-state index in [2.05, 4.69) is 0 Å². The smallest absolute Gasteiger partial charge is 0.329 e. The van der Waals surface area contributed by atoms with Gasteiger partial charge >= 0.3 is 5.97 Å². The maximum Gasteiger partial charge on any atom is 0.329 e. The van der Waals surface area contributed by atoms with Gasteiger partial charge in [-0.2, -0.15) is 0 Å². The Kier molecular flexibility index (Phi) is 17.7. The average molecular weight is 883 g/mol. The van der Waals surface area contributed by atoms with Crippen molar-refractivity contribution in [3.05, 3.63) is 0 Å². The highest BCUT2D eigenvalue weighted by atomic mass is 16.8. The van der Waals surface area contributed by atoms with Gasteiger partial charge in [0, 0.05) is 11.8 Å². The van der Waals surface area contributed by atoms with Crippen molar-refractivity contribution in [2.24, 2.45) is 11.8 Å². The molecule has 0 amide bonds. The standard InChI is InChI=1S/C34H58O26/c1-9-17(41)27(13(5-37)55-30(9)52-8-16(39)40)58-31-10(2)18(42)28(14(6-38)56-31)59-34-26(50)29(60-33-25(49)23(47)20(44)12(4-36)54-33)21(45)15(57-34)7-51-32-24(48)22(46)19(43)11(3-35)53-32/h9-15,17-38,41-50H,3-8H2,1-2H3,(H,39,40). The lowest BCUT2D eigenvalue weighted by molar-refractivity contribution is -0.387. The van der Waals surface area contributed by atoms with Gasteiger partial charge in [-0.05, 0) is 0 Å². The molecule has 26 nitrogen and oxygen atoms in total. The van der Waals surface area contributed by atoms with Gasteiger partial charge < -0.3 is 124 Å². The number of aliphatic carboxylic acids is 1. The maximum atomic E-state index is 11.6. The molecule has 5 aliphatic heterocycles. The third-order valence-corrected chi connectivity index (χ3v) is 11.3. The van der Waals surface area contributed by atoms with Crippen molar-refractivity contribution in [1.29, 1.82) is 0 Å². The number of hydrogen-bond acceptors (Lipinski definition) is 25. The Morgan fingerprint density at radius 1 is 0.417 bits per heavy atom. The Hall–Kier alpha value is -1.49. The molecule has 0 spiro atoms. The third-order valence-electron chi connectivity index (χ3n) is 11.3. The quantitative estimate of drug-likeness (QED) is 0.0684. The van der Waals surface area contributed by atoms with Gasteiger partial charge in [0.2, 0.25) is 0 Å². The molecule has 25 atom stereocenters. The number of hydrogen-bond donors (Lipinski definition) is 15. The van der Waals surface area contributed by atoms with Crippen molar-refractivity contribution in [2.45, 2.75) is 155 Å². The van der Waals surface area contributed by atoms with Crippen molar-refractivity contribution in [3.8, 4) is 0 Å². The van der Waals surface area contributed by atoms with E-state index in [1.165, 1.54) is 13.8 Å². The molecule has 25 unspecified atom stereocenters. The molecule has 0 aromatic rings. The van der Waals surface area contributed by atoms with Crippen molar-refractivity contribution in [2.75, 3.05) is 39.6 Å². The molecular weight excluding hydrogens is 824 g/mol. The Bertz CT molecular complexity index is 1330. The van der Waals surface area contributed by atoms with Gasteiger partial charge in [0.15, 0.2) is 31.5 Å². The summed E-state index contributed by atoms with van der Waals surface area (Å²) < 4.78 is 56.6. The number of carbonyl (C=O) groups is 1. The maximum absolute atomic E-state index is 11.6. The summed E-state index contributed by atoms with van der Waals surface area (Å²) in [5.41, 5.74) is 0. The summed E-state index contributed by atoms with van der Waals surface area (Å²) >= 11 is 0. The van der Waals surface area contributed by atoms with E-state index in [0.717, 1.165) is 0 Å². The summed E-state index contributed by atoms with van der Waals surface area (Å²) in [6.45, 7) is -1.88. The van der Waals surface area contributed by atoms with Crippen LogP contribution in [0.15, 0.2) is 0 Å². The first-order valence-corrected chi connectivity index (χ1v) is 19.3. The Labute approximate surface area is 341 Å². The first-order valence-electron chi connectivity index (χ1n) is 19.3. The third kappa shape index (κ3) is 10.5. The van der Waals surface area contributed by atoms with Crippen molar-refractivity contribution < 1.29 is 129 Å². The number of aliphatic hydroxyl groups excluding tert-OH is 14. The summed E-state index contributed by atoms with van der Waals surface area (Å²) in [5, 5.41) is 156. The number of carboxylic acids is 1. The van der Waals surface area contributed by atoms with Crippen molar-refractivity contribution >= 4 is 5.97 Å². The van der Waals surface area contributed by atoms with Crippen LogP contribution in [0.4, 0.5) is 0 Å². The highest BCUT2D eigenvalue weighted by Gasteiger charge is 2.55. The van der Waals surface area contributed by atoms with Gasteiger partial charge in [-0.25, -0.2) is 4.79 Å². The van der Waals surface area contributed by atoms with E-state index in [9.17, 15) is 76.3 Å². The van der Waals surface area contributed by atoms with Gasteiger partial charge in [-0.1, -0.05) is 13.8 Å². The molecule has 0 aliphatic carbocycles. The van der Waals surface area contributed by atoms with Crippen LogP contribution in [0, 0.1) is 11.8 Å². The molecule has 5 saturated heterocycles. The fraction of sp³-hybridized carbons (Fsp3) is 0.971. The first-order chi connectivity index (χ1) is 28.4. The van der Waals surface area contributed by atoms with E-state index >= 15 is 0 Å². The predicted octanol–water partition coefficient (Wildman–Crippen LogP) is -9.27. The van der Waals surface area contributed by atoms with E-state index in [-0.39, 0.29) is 0 Å². The molecule has 5 heterocycles. The first kappa shape index (κ1) is 49.5. The second kappa shape index (κ2) is 21.5. The van der Waals surface area contributed by atoms with Crippen LogP contribution in [0.3, 0.4) is 0 Å². The van der Waals surface area contributed by atoms with E-state index < -0.39 is 199 Å². The molecule has 350 valence electrons. The Morgan fingerprint density at radius 2 is 0.817 bits per heavy atom. The van der Waals surface area contributed by atoms with Crippen LogP contribution in [-0.4, -0.2) is 264 Å². The largest absolute Gasteiger partial charge is 0.480 e. The lowest BCUT2D eigenvalue weighted by Crippen LogP contribution is -2.67. The summed E-state index contributed by atoms with van der Waals surface area (Å²) in [4.78, 5) is 11.0. The zero-order valence-electron chi connectivity index (χ0n) is 32.4. The molecule has 0 bridgehead atoms. The molecular formula is C34H58O26. The van der Waals surface area contributed by atoms with Gasteiger partial charge in [0.05, 0.1) is 45.2 Å². The molecule has 0 aromatic heterocycles. The number of carboxylic acid groups (broad SMARTS) is 1. The summed E-state index contributed by atoms with van der Waals surface area (Å²) in [6.07, 6.45) is -38.7. The molecule has 5 aliphatic rings. The van der Waals surface area contributed by atoms with Crippen LogP contribution in [0.2, 0.25) is 0 Å². The fourth-order valence-electron chi connectivity index (χ4n) is 7.59. The Morgan fingerprint density at radius 3 is 1.33 bits per heavy atom. The number of aliphatic hydroxyl groups is 14. The zero-order chi connectivity index (χ0) is 44.3. The van der Waals surface area contributed by atoms with Crippen LogP contribution >= 0.6 is 0 Å². The lowest BCUT2D eigenvalue weighted by atomic mass is 9.90. The van der Waals surface area contributed by atoms with Crippen molar-refractivity contribution in [1.82, 2.24) is 0 Å². The minimum absolute atomic E-state index is 0.726.